The summed E-state index contributed by atoms with van der Waals surface area (Å²) >= 11 is 0. The van der Waals surface area contributed by atoms with Gasteiger partial charge in [0.05, 0.1) is 0 Å². The van der Waals surface area contributed by atoms with E-state index in [1.807, 2.05) is 0 Å². The molecule has 0 nitrogen and oxygen atoms in total. The fourth-order valence-electron chi connectivity index (χ4n) is 0. The molecule has 0 aliphatic heterocycles. The van der Waals surface area contributed by atoms with Crippen molar-refractivity contribution in [3.63, 3.8) is 0 Å². The van der Waals surface area contributed by atoms with Crippen molar-refractivity contribution >= 4 is 242 Å². The summed E-state index contributed by atoms with van der Waals surface area (Å²) in [5.74, 6) is 0. The molecule has 0 aromatic carbocycles. The predicted octanol–water partition coefficient (Wildman–Crippen LogP) is 1.62. The van der Waals surface area contributed by atoms with Gasteiger partial charge in [-0.1, -0.05) is 0 Å². The van der Waals surface area contributed by atoms with Crippen LogP contribution >= 0.6 is 124 Å². The Morgan fingerprint density at radius 1 is 0.143 bits per heavy atom. The second-order valence-electron chi connectivity index (χ2n) is 0. The number of hydrogen-bond donors (Lipinski definition) is 0. The quantitative estimate of drug-likeness (QED) is 0.482. The first-order chi connectivity index (χ1) is 0. The van der Waals surface area contributed by atoms with E-state index in [1.54, 1.807) is 0 Å². The third-order valence-corrected chi connectivity index (χ3v) is 0. The molecule has 0 saturated carbocycles. The SMILES string of the molecule is Cl.Cl.Cl.Cl.Cl.Cl.Cl.Cl.Cl.Cl.[NaH].[NaH].[NaH].[NaH]. The van der Waals surface area contributed by atoms with Gasteiger partial charge in [0.1, 0.15) is 0 Å². The number of halogens is 10. The normalized spacial score (nSPS) is 0. The van der Waals surface area contributed by atoms with Gasteiger partial charge in [0.15, 0.2) is 0 Å². The van der Waals surface area contributed by atoms with Crippen LogP contribution in [0.3, 0.4) is 0 Å². The minimum atomic E-state index is 0. The van der Waals surface area contributed by atoms with Gasteiger partial charge in [-0.25, -0.2) is 0 Å². The molecule has 0 spiro atoms. The maximum absolute atomic E-state index is 0. The first-order valence-corrected chi connectivity index (χ1v) is 0. The van der Waals surface area contributed by atoms with Crippen LogP contribution in [0.15, 0.2) is 0 Å². The summed E-state index contributed by atoms with van der Waals surface area (Å²) in [6.45, 7) is 0. The Balaban J connectivity index is 0. The van der Waals surface area contributed by atoms with Crippen LogP contribution in [0, 0.1) is 0 Å². The van der Waals surface area contributed by atoms with Crippen molar-refractivity contribution in [2.45, 2.75) is 0 Å². The van der Waals surface area contributed by atoms with Crippen molar-refractivity contribution in [1.82, 2.24) is 0 Å². The molecule has 0 aliphatic carbocycles. The molecule has 14 heteroatoms. The van der Waals surface area contributed by atoms with Crippen LogP contribution < -0.4 is 0 Å². The van der Waals surface area contributed by atoms with Crippen LogP contribution in [0.4, 0.5) is 0 Å². The summed E-state index contributed by atoms with van der Waals surface area (Å²) in [6, 6.07) is 0. The summed E-state index contributed by atoms with van der Waals surface area (Å²) in [4.78, 5) is 0. The van der Waals surface area contributed by atoms with Gasteiger partial charge in [-0.05, 0) is 0 Å². The van der Waals surface area contributed by atoms with Crippen LogP contribution in [0.1, 0.15) is 0 Å². The van der Waals surface area contributed by atoms with Gasteiger partial charge < -0.3 is 0 Å². The molecule has 0 rings (SSSR count). The molecule has 0 aromatic heterocycles. The Morgan fingerprint density at radius 2 is 0.143 bits per heavy atom. The number of rotatable bonds is 0. The summed E-state index contributed by atoms with van der Waals surface area (Å²) < 4.78 is 0. The maximum atomic E-state index is 0. The average molecular weight is 461 g/mol. The summed E-state index contributed by atoms with van der Waals surface area (Å²) in [5, 5.41) is 0. The Labute approximate surface area is 237 Å². The standard InChI is InChI=1S/10ClH.4Na.4H/h10*1H;;;;;;;;. The summed E-state index contributed by atoms with van der Waals surface area (Å²) in [7, 11) is 0. The van der Waals surface area contributed by atoms with Crippen molar-refractivity contribution in [1.29, 1.82) is 0 Å². The van der Waals surface area contributed by atoms with E-state index in [9.17, 15) is 0 Å². The van der Waals surface area contributed by atoms with Crippen LogP contribution in [-0.2, 0) is 0 Å². The molecule has 0 heterocycles. The van der Waals surface area contributed by atoms with Gasteiger partial charge in [-0.2, -0.15) is 0 Å². The van der Waals surface area contributed by atoms with E-state index < -0.39 is 0 Å². The summed E-state index contributed by atoms with van der Waals surface area (Å²) in [6.07, 6.45) is 0. The monoisotopic (exact) mass is 456 g/mol. The molecule has 0 saturated heterocycles. The van der Waals surface area contributed by atoms with E-state index in [2.05, 4.69) is 0 Å². The number of hydrogen-bond acceptors (Lipinski definition) is 0. The molecule has 0 fully saturated rings. The van der Waals surface area contributed by atoms with E-state index in [-0.39, 0.29) is 242 Å². The van der Waals surface area contributed by atoms with Gasteiger partial charge in [0, 0.05) is 0 Å². The zero-order valence-corrected chi connectivity index (χ0v) is 12.2. The molecular formula is H14Cl10Na4. The predicted molar refractivity (Wildman–Crippen MR) is 101 cm³/mol. The molecular weight excluding hydrogens is 446 g/mol. The second-order valence-corrected chi connectivity index (χ2v) is 0. The van der Waals surface area contributed by atoms with Crippen molar-refractivity contribution in [2.24, 2.45) is 0 Å². The van der Waals surface area contributed by atoms with Crippen molar-refractivity contribution in [2.75, 3.05) is 0 Å². The van der Waals surface area contributed by atoms with Gasteiger partial charge >= 0.3 is 118 Å². The van der Waals surface area contributed by atoms with Gasteiger partial charge in [-0.15, -0.1) is 124 Å². The van der Waals surface area contributed by atoms with Crippen molar-refractivity contribution < 1.29 is 0 Å². The van der Waals surface area contributed by atoms with Crippen molar-refractivity contribution in [3.8, 4) is 0 Å². The molecule has 0 bridgehead atoms. The minimum absolute atomic E-state index is 0. The molecule has 0 N–H and O–H groups in total. The third-order valence-electron chi connectivity index (χ3n) is 0. The van der Waals surface area contributed by atoms with E-state index in [0.29, 0.717) is 0 Å². The molecule has 0 unspecified atom stereocenters. The molecule has 0 aromatic rings. The van der Waals surface area contributed by atoms with Crippen molar-refractivity contribution in [3.05, 3.63) is 0 Å². The first-order valence-electron chi connectivity index (χ1n) is 0. The Bertz CT molecular complexity index is 12.1. The zero-order valence-electron chi connectivity index (χ0n) is 4.08. The van der Waals surface area contributed by atoms with E-state index in [0.717, 1.165) is 0 Å². The molecule has 88 valence electrons. The fraction of sp³-hybridized carbons (Fsp3) is 0. The molecule has 0 aliphatic rings. The Hall–Kier alpha value is 6.90. The summed E-state index contributed by atoms with van der Waals surface area (Å²) in [5.41, 5.74) is 0. The van der Waals surface area contributed by atoms with E-state index in [1.165, 1.54) is 0 Å². The molecule has 14 heavy (non-hydrogen) atoms. The fourth-order valence-corrected chi connectivity index (χ4v) is 0. The van der Waals surface area contributed by atoms with Crippen LogP contribution in [0.2, 0.25) is 0 Å². The van der Waals surface area contributed by atoms with E-state index in [4.69, 9.17) is 0 Å². The zero-order chi connectivity index (χ0) is 0. The second kappa shape index (κ2) is 149. The topological polar surface area (TPSA) is 0 Å². The first kappa shape index (κ1) is 174. The molecule has 0 atom stereocenters. The average Bonchev–Trinajstić information content (AvgIpc) is 0. The van der Waals surface area contributed by atoms with Crippen LogP contribution in [-0.4, -0.2) is 118 Å². The van der Waals surface area contributed by atoms with Gasteiger partial charge in [0.2, 0.25) is 0 Å². The van der Waals surface area contributed by atoms with E-state index >= 15 is 0 Å². The Kier molecular flexibility index (Phi) is 1850. The Morgan fingerprint density at radius 3 is 0.143 bits per heavy atom. The van der Waals surface area contributed by atoms with Crippen LogP contribution in [0.25, 0.3) is 0 Å². The van der Waals surface area contributed by atoms with Gasteiger partial charge in [0.25, 0.3) is 0 Å². The van der Waals surface area contributed by atoms with Crippen LogP contribution in [0.5, 0.6) is 0 Å². The molecule has 0 amide bonds. The van der Waals surface area contributed by atoms with Gasteiger partial charge in [-0.3, -0.25) is 0 Å². The third kappa shape index (κ3) is 127. The molecule has 0 radical (unpaired) electrons.